The summed E-state index contributed by atoms with van der Waals surface area (Å²) in [6, 6.07) is 10.7. The Kier molecular flexibility index (Phi) is 2.32. The van der Waals surface area contributed by atoms with Crippen LogP contribution in [0.5, 0.6) is 5.88 Å². The van der Waals surface area contributed by atoms with Crippen molar-refractivity contribution in [3.8, 4) is 23.1 Å². The molecule has 0 fully saturated rings. The lowest BCUT2D eigenvalue weighted by molar-refractivity contribution is 0.437. The molecule has 0 bridgehead atoms. The Balaban J connectivity index is 2.40. The van der Waals surface area contributed by atoms with E-state index in [9.17, 15) is 9.90 Å². The summed E-state index contributed by atoms with van der Waals surface area (Å²) < 4.78 is 1.14. The van der Waals surface area contributed by atoms with Gasteiger partial charge in [-0.05, 0) is 5.56 Å². The Hall–Kier alpha value is -3.07. The number of aromatic hydroxyl groups is 1. The van der Waals surface area contributed by atoms with Crippen molar-refractivity contribution in [3.05, 3.63) is 52.4 Å². The van der Waals surface area contributed by atoms with Gasteiger partial charge < -0.3 is 10.1 Å². The van der Waals surface area contributed by atoms with Crippen LogP contribution in [0.3, 0.4) is 0 Å². The minimum absolute atomic E-state index is 0.126. The van der Waals surface area contributed by atoms with Crippen LogP contribution in [-0.2, 0) is 0 Å². The van der Waals surface area contributed by atoms with Gasteiger partial charge in [0.2, 0.25) is 5.88 Å². The second kappa shape index (κ2) is 3.99. The molecule has 1 aromatic carbocycles. The third kappa shape index (κ3) is 1.57. The monoisotopic (exact) mass is 252 g/mol. The zero-order valence-electron chi connectivity index (χ0n) is 9.66. The van der Waals surface area contributed by atoms with Crippen molar-refractivity contribution in [3.63, 3.8) is 0 Å². The summed E-state index contributed by atoms with van der Waals surface area (Å²) in [4.78, 5) is 14.6. The molecule has 3 aromatic rings. The summed E-state index contributed by atoms with van der Waals surface area (Å²) in [6.45, 7) is 0. The highest BCUT2D eigenvalue weighted by molar-refractivity contribution is 5.70. The molecule has 6 heteroatoms. The predicted octanol–water partition coefficient (Wildman–Crippen LogP) is 1.27. The van der Waals surface area contributed by atoms with E-state index in [2.05, 4.69) is 10.1 Å². The average Bonchev–Trinajstić information content (AvgIpc) is 2.83. The third-order valence-electron chi connectivity index (χ3n) is 2.84. The van der Waals surface area contributed by atoms with Crippen molar-refractivity contribution in [2.24, 2.45) is 0 Å². The molecule has 0 saturated carbocycles. The summed E-state index contributed by atoms with van der Waals surface area (Å²) in [5, 5.41) is 22.9. The molecule has 2 heterocycles. The molecule has 92 valence electrons. The number of nitriles is 1. The van der Waals surface area contributed by atoms with E-state index in [1.165, 1.54) is 6.20 Å². The number of nitrogens with zero attached hydrogens (tertiary/aromatic N) is 3. The normalized spacial score (nSPS) is 10.5. The minimum atomic E-state index is -0.465. The largest absolute Gasteiger partial charge is 0.493 e. The van der Waals surface area contributed by atoms with Crippen LogP contribution >= 0.6 is 0 Å². The molecule has 0 aliphatic rings. The molecule has 0 radical (unpaired) electrons. The molecule has 0 aliphatic heterocycles. The topological polar surface area (TPSA) is 94.2 Å². The first-order valence-corrected chi connectivity index (χ1v) is 5.51. The van der Waals surface area contributed by atoms with Crippen LogP contribution in [0.15, 0.2) is 41.3 Å². The maximum absolute atomic E-state index is 12.1. The van der Waals surface area contributed by atoms with Gasteiger partial charge >= 0.3 is 0 Å². The maximum atomic E-state index is 12.1. The smallest absolute Gasteiger partial charge is 0.262 e. The van der Waals surface area contributed by atoms with E-state index in [-0.39, 0.29) is 22.7 Å². The minimum Gasteiger partial charge on any atom is -0.493 e. The summed E-state index contributed by atoms with van der Waals surface area (Å²) in [6.07, 6.45) is 1.29. The van der Waals surface area contributed by atoms with Gasteiger partial charge in [-0.1, -0.05) is 30.3 Å². The van der Waals surface area contributed by atoms with Crippen molar-refractivity contribution in [1.29, 1.82) is 5.26 Å². The summed E-state index contributed by atoms with van der Waals surface area (Å²) in [5.41, 5.74) is 0.628. The van der Waals surface area contributed by atoms with Crippen LogP contribution in [0.4, 0.5) is 0 Å². The number of hydrogen-bond acceptors (Lipinski definition) is 4. The maximum Gasteiger partial charge on any atom is 0.262 e. The van der Waals surface area contributed by atoms with Gasteiger partial charge in [-0.15, -0.1) is 0 Å². The van der Waals surface area contributed by atoms with E-state index >= 15 is 0 Å². The van der Waals surface area contributed by atoms with Crippen molar-refractivity contribution in [2.75, 3.05) is 0 Å². The van der Waals surface area contributed by atoms with Gasteiger partial charge in [0.25, 0.3) is 5.56 Å². The lowest BCUT2D eigenvalue weighted by atomic mass is 10.1. The Morgan fingerprint density at radius 3 is 2.74 bits per heavy atom. The van der Waals surface area contributed by atoms with Gasteiger partial charge in [-0.25, -0.2) is 0 Å². The molecule has 0 spiro atoms. The number of benzene rings is 1. The third-order valence-corrected chi connectivity index (χ3v) is 2.84. The zero-order chi connectivity index (χ0) is 13.4. The quantitative estimate of drug-likeness (QED) is 0.681. The molecule has 0 unspecified atom stereocenters. The average molecular weight is 252 g/mol. The molecular formula is C13H8N4O2. The van der Waals surface area contributed by atoms with E-state index in [0.29, 0.717) is 5.56 Å². The van der Waals surface area contributed by atoms with E-state index < -0.39 is 5.56 Å². The van der Waals surface area contributed by atoms with E-state index in [0.717, 1.165) is 4.52 Å². The molecular weight excluding hydrogens is 244 g/mol. The fourth-order valence-electron chi connectivity index (χ4n) is 1.95. The first-order valence-electron chi connectivity index (χ1n) is 5.51. The van der Waals surface area contributed by atoms with E-state index in [1.807, 2.05) is 12.1 Å². The number of aromatic amines is 1. The van der Waals surface area contributed by atoms with Gasteiger partial charge in [-0.3, -0.25) is 4.79 Å². The lowest BCUT2D eigenvalue weighted by Gasteiger charge is -2.05. The Labute approximate surface area is 107 Å². The molecule has 0 aliphatic carbocycles. The molecule has 0 atom stereocenters. The highest BCUT2D eigenvalue weighted by Gasteiger charge is 2.16. The molecule has 2 aromatic heterocycles. The number of nitrogens with one attached hydrogen (secondary N) is 1. The van der Waals surface area contributed by atoms with Gasteiger partial charge in [0, 0.05) is 0 Å². The van der Waals surface area contributed by atoms with Gasteiger partial charge in [0.1, 0.15) is 17.2 Å². The Morgan fingerprint density at radius 2 is 2.05 bits per heavy atom. The first kappa shape index (κ1) is 11.0. The van der Waals surface area contributed by atoms with Crippen molar-refractivity contribution >= 4 is 5.65 Å². The molecule has 0 amide bonds. The number of aromatic nitrogens is 3. The van der Waals surface area contributed by atoms with Crippen molar-refractivity contribution < 1.29 is 5.11 Å². The summed E-state index contributed by atoms with van der Waals surface area (Å²) >= 11 is 0. The first-order chi connectivity index (χ1) is 9.22. The molecule has 6 nitrogen and oxygen atoms in total. The fraction of sp³-hybridized carbons (Fsp3) is 0. The number of H-pyrrole nitrogens is 1. The standard InChI is InChI=1S/C13H8N4O2/c14-6-9-7-15-17-11(9)16-12(18)10(13(17)19)8-4-2-1-3-5-8/h1-5,7,19H,(H,16,18). The van der Waals surface area contributed by atoms with Gasteiger partial charge in [0.05, 0.1) is 6.20 Å². The fourth-order valence-corrected chi connectivity index (χ4v) is 1.95. The van der Waals surface area contributed by atoms with Crippen LogP contribution in [0.1, 0.15) is 5.56 Å². The van der Waals surface area contributed by atoms with Gasteiger partial charge in [-0.2, -0.15) is 14.9 Å². The number of rotatable bonds is 1. The Bertz CT molecular complexity index is 856. The second-order valence-electron chi connectivity index (χ2n) is 3.95. The SMILES string of the molecule is N#Cc1cnn2c(O)c(-c3ccccc3)c(=O)[nH]c12. The van der Waals surface area contributed by atoms with Crippen LogP contribution < -0.4 is 5.56 Å². The van der Waals surface area contributed by atoms with Crippen LogP contribution in [-0.4, -0.2) is 19.7 Å². The van der Waals surface area contributed by atoms with E-state index in [1.54, 1.807) is 24.3 Å². The van der Waals surface area contributed by atoms with Crippen LogP contribution in [0.25, 0.3) is 16.8 Å². The molecule has 19 heavy (non-hydrogen) atoms. The van der Waals surface area contributed by atoms with Crippen LogP contribution in [0.2, 0.25) is 0 Å². The summed E-state index contributed by atoms with van der Waals surface area (Å²) in [7, 11) is 0. The lowest BCUT2D eigenvalue weighted by Crippen LogP contribution is -2.12. The molecule has 2 N–H and O–H groups in total. The highest BCUT2D eigenvalue weighted by Crippen LogP contribution is 2.25. The van der Waals surface area contributed by atoms with Gasteiger partial charge in [0.15, 0.2) is 5.65 Å². The molecule has 3 rings (SSSR count). The summed E-state index contributed by atoms with van der Waals surface area (Å²) in [5.74, 6) is -0.286. The highest BCUT2D eigenvalue weighted by atomic mass is 16.3. The second-order valence-corrected chi connectivity index (χ2v) is 3.95. The predicted molar refractivity (Wildman–Crippen MR) is 67.6 cm³/mol. The number of hydrogen-bond donors (Lipinski definition) is 2. The zero-order valence-corrected chi connectivity index (χ0v) is 9.66. The van der Waals surface area contributed by atoms with Crippen molar-refractivity contribution in [1.82, 2.24) is 14.6 Å². The van der Waals surface area contributed by atoms with E-state index in [4.69, 9.17) is 5.26 Å². The number of fused-ring (bicyclic) bond motifs is 1. The molecule has 0 saturated heterocycles. The van der Waals surface area contributed by atoms with Crippen LogP contribution in [0, 0.1) is 11.3 Å². The Morgan fingerprint density at radius 1 is 1.32 bits per heavy atom. The van der Waals surface area contributed by atoms with Crippen molar-refractivity contribution in [2.45, 2.75) is 0 Å².